The molecule has 0 atom stereocenters. The van der Waals surface area contributed by atoms with E-state index in [0.29, 0.717) is 0 Å². The van der Waals surface area contributed by atoms with Crippen LogP contribution in [0.5, 0.6) is 0 Å². The van der Waals surface area contributed by atoms with Crippen molar-refractivity contribution in [1.82, 2.24) is 0 Å². The van der Waals surface area contributed by atoms with Crippen molar-refractivity contribution in [3.05, 3.63) is 101 Å². The van der Waals surface area contributed by atoms with Crippen molar-refractivity contribution in [2.24, 2.45) is 0 Å². The van der Waals surface area contributed by atoms with Crippen LogP contribution in [0.1, 0.15) is 59.1 Å². The molecule has 2 aliphatic rings. The second-order valence-corrected chi connectivity index (χ2v) is 6.14. The minimum atomic E-state index is 0. The molecule has 0 fully saturated rings. The zero-order valence-electron chi connectivity index (χ0n) is 16.9. The van der Waals surface area contributed by atoms with E-state index >= 15 is 0 Å². The van der Waals surface area contributed by atoms with Crippen molar-refractivity contribution in [3.63, 3.8) is 0 Å². The van der Waals surface area contributed by atoms with Crippen molar-refractivity contribution >= 4 is 0 Å². The molecule has 0 aromatic heterocycles. The van der Waals surface area contributed by atoms with E-state index in [1.807, 2.05) is 0 Å². The van der Waals surface area contributed by atoms with Crippen molar-refractivity contribution in [2.45, 2.75) is 51.4 Å². The van der Waals surface area contributed by atoms with Gasteiger partial charge in [-0.3, -0.25) is 23.3 Å². The molecule has 0 radical (unpaired) electrons. The predicted octanol–water partition coefficient (Wildman–Crippen LogP) is 6.73. The molecule has 0 spiro atoms. The number of hydrogen-bond acceptors (Lipinski definition) is 0. The van der Waals surface area contributed by atoms with Crippen molar-refractivity contribution in [1.29, 1.82) is 0 Å². The third-order valence-electron chi connectivity index (χ3n) is 4.77. The van der Waals surface area contributed by atoms with Crippen molar-refractivity contribution < 1.29 is 21.7 Å². The molecule has 2 aliphatic carbocycles. The molecule has 144 valence electrons. The van der Waals surface area contributed by atoms with Crippen LogP contribution in [-0.2, 0) is 47.4 Å². The molecule has 0 bridgehead atoms. The summed E-state index contributed by atoms with van der Waals surface area (Å²) in [5, 5.41) is 0. The van der Waals surface area contributed by atoms with Gasteiger partial charge in [0, 0.05) is 21.7 Å². The third kappa shape index (κ3) is 6.76. The minimum Gasteiger partial charge on any atom is -0.358 e. The second-order valence-electron chi connectivity index (χ2n) is 6.14. The molecule has 2 aromatic carbocycles. The summed E-state index contributed by atoms with van der Waals surface area (Å²) in [5.41, 5.74) is 8.69. The summed E-state index contributed by atoms with van der Waals surface area (Å²) in [6, 6.07) is 8.76. The fourth-order valence-corrected chi connectivity index (χ4v) is 3.56. The van der Waals surface area contributed by atoms with E-state index in [2.05, 4.69) is 38.1 Å². The summed E-state index contributed by atoms with van der Waals surface area (Å²) in [6.07, 6.45) is 10.6. The SMILES string of the molecule is [CH2-]c1[cH-]cc2c1CCCC2.[CH2-]c1[cH-]cc2c1CCCC2.[CH3-].[CH3-].[CH3-].[CH3-].[Ti]. The largest absolute Gasteiger partial charge is 0.358 e. The van der Waals surface area contributed by atoms with Crippen LogP contribution in [0, 0.1) is 43.6 Å². The molecule has 2 aromatic rings. The summed E-state index contributed by atoms with van der Waals surface area (Å²) < 4.78 is 0. The Morgan fingerprint density at radius 3 is 1.24 bits per heavy atom. The Kier molecular flexibility index (Phi) is 15.5. The van der Waals surface area contributed by atoms with Crippen molar-refractivity contribution in [3.8, 4) is 0 Å². The summed E-state index contributed by atoms with van der Waals surface area (Å²) in [4.78, 5) is 0. The Hall–Kier alpha value is -0.846. The van der Waals surface area contributed by atoms with Gasteiger partial charge < -0.3 is 54.7 Å². The van der Waals surface area contributed by atoms with E-state index in [0.717, 1.165) is 0 Å². The Morgan fingerprint density at radius 1 is 0.600 bits per heavy atom. The molecular formula is C24H36Ti-8. The fraction of sp³-hybridized carbons (Fsp3) is 0.333. The maximum atomic E-state index is 3.99. The average Bonchev–Trinajstić information content (AvgIpc) is 3.05. The van der Waals surface area contributed by atoms with Gasteiger partial charge in [-0.25, -0.2) is 0 Å². The standard InChI is InChI=1S/2C10H12.4CH3.Ti/c2*1-8-6-7-9-4-2-3-5-10(8)9;;;;;/h2*6-7H,1-5H2;4*1H3;/q2*-2;4*-1;. The first-order valence-electron chi connectivity index (χ1n) is 7.94. The van der Waals surface area contributed by atoms with Crippen molar-refractivity contribution in [2.75, 3.05) is 0 Å². The molecule has 0 saturated carbocycles. The van der Waals surface area contributed by atoms with Gasteiger partial charge in [0.15, 0.2) is 0 Å². The Bertz CT molecular complexity index is 519. The van der Waals surface area contributed by atoms with Crippen LogP contribution in [-0.4, -0.2) is 0 Å². The smallest absolute Gasteiger partial charge is 0 e. The monoisotopic (exact) mass is 372 g/mol. The van der Waals surface area contributed by atoms with Gasteiger partial charge in [0.1, 0.15) is 0 Å². The zero-order valence-corrected chi connectivity index (χ0v) is 18.4. The van der Waals surface area contributed by atoms with E-state index in [1.54, 1.807) is 11.1 Å². The molecule has 0 N–H and O–H groups in total. The second kappa shape index (κ2) is 13.4. The van der Waals surface area contributed by atoms with Gasteiger partial charge in [-0.1, -0.05) is 38.5 Å². The molecule has 0 nitrogen and oxygen atoms in total. The molecule has 25 heavy (non-hydrogen) atoms. The first-order valence-corrected chi connectivity index (χ1v) is 7.94. The summed E-state index contributed by atoms with van der Waals surface area (Å²) in [5.74, 6) is 0. The molecular weight excluding hydrogens is 336 g/mol. The fourth-order valence-electron chi connectivity index (χ4n) is 3.56. The van der Waals surface area contributed by atoms with Crippen LogP contribution in [0.2, 0.25) is 0 Å². The van der Waals surface area contributed by atoms with Gasteiger partial charge in [0.05, 0.1) is 0 Å². The zero-order chi connectivity index (χ0) is 13.9. The van der Waals surface area contributed by atoms with Crippen LogP contribution < -0.4 is 0 Å². The Balaban J connectivity index is -0.000000323. The maximum absolute atomic E-state index is 3.99. The topological polar surface area (TPSA) is 0 Å². The Labute approximate surface area is 174 Å². The van der Waals surface area contributed by atoms with Crippen LogP contribution in [0.3, 0.4) is 0 Å². The molecule has 4 rings (SSSR count). The maximum Gasteiger partial charge on any atom is 0 e. The van der Waals surface area contributed by atoms with Gasteiger partial charge in [-0.2, -0.15) is 23.3 Å². The van der Waals surface area contributed by atoms with Gasteiger partial charge in [0.2, 0.25) is 0 Å². The van der Waals surface area contributed by atoms with Gasteiger partial charge in [0.25, 0.3) is 0 Å². The summed E-state index contributed by atoms with van der Waals surface area (Å²) in [7, 11) is 0. The van der Waals surface area contributed by atoms with E-state index in [1.165, 1.54) is 73.6 Å². The molecule has 0 amide bonds. The molecule has 1 heteroatoms. The van der Waals surface area contributed by atoms with E-state index in [-0.39, 0.29) is 51.4 Å². The number of fused-ring (bicyclic) bond motifs is 2. The van der Waals surface area contributed by atoms with E-state index in [4.69, 9.17) is 0 Å². The first-order chi connectivity index (χ1) is 9.75. The number of aryl methyl sites for hydroxylation is 2. The number of rotatable bonds is 0. The predicted molar refractivity (Wildman–Crippen MR) is 112 cm³/mol. The Morgan fingerprint density at radius 2 is 0.920 bits per heavy atom. The quantitative estimate of drug-likeness (QED) is 0.355. The summed E-state index contributed by atoms with van der Waals surface area (Å²) >= 11 is 0. The molecule has 0 heterocycles. The van der Waals surface area contributed by atoms with Gasteiger partial charge in [-0.15, -0.1) is 12.8 Å². The third-order valence-corrected chi connectivity index (χ3v) is 4.77. The van der Waals surface area contributed by atoms with E-state index < -0.39 is 0 Å². The number of hydrogen-bond donors (Lipinski definition) is 0. The molecule has 0 aliphatic heterocycles. The normalized spacial score (nSPS) is 13.4. The molecule has 0 unspecified atom stereocenters. The minimum absolute atomic E-state index is 0. The average molecular weight is 372 g/mol. The van der Waals surface area contributed by atoms with Gasteiger partial charge >= 0.3 is 0 Å². The van der Waals surface area contributed by atoms with Gasteiger partial charge in [-0.05, 0) is 0 Å². The van der Waals surface area contributed by atoms with E-state index in [9.17, 15) is 0 Å². The molecule has 0 saturated heterocycles. The van der Waals surface area contributed by atoms with Crippen LogP contribution in [0.4, 0.5) is 0 Å². The van der Waals surface area contributed by atoms with Crippen LogP contribution >= 0.6 is 0 Å². The summed E-state index contributed by atoms with van der Waals surface area (Å²) in [6.45, 7) is 7.99. The van der Waals surface area contributed by atoms with Crippen LogP contribution in [0.15, 0.2) is 24.3 Å². The first kappa shape index (κ1) is 28.9. The van der Waals surface area contributed by atoms with Crippen LogP contribution in [0.25, 0.3) is 0 Å².